The lowest BCUT2D eigenvalue weighted by atomic mass is 10.0. The largest absolute Gasteiger partial charge is 0.492 e. The van der Waals surface area contributed by atoms with Gasteiger partial charge in [0.05, 0.1) is 17.9 Å². The molecule has 2 aromatic rings. The number of nitrogens with zero attached hydrogens (tertiary/aromatic N) is 1. The number of benzene rings is 2. The summed E-state index contributed by atoms with van der Waals surface area (Å²) >= 11 is 0. The molecule has 1 amide bonds. The highest BCUT2D eigenvalue weighted by Gasteiger charge is 2.33. The summed E-state index contributed by atoms with van der Waals surface area (Å²) in [4.78, 5) is 14.3. The molecule has 3 rings (SSSR count). The number of para-hydroxylation sites is 1. The van der Waals surface area contributed by atoms with Crippen molar-refractivity contribution in [3.63, 3.8) is 0 Å². The Kier molecular flexibility index (Phi) is 3.48. The smallest absolute Gasteiger partial charge is 0.262 e. The van der Waals surface area contributed by atoms with Crippen LogP contribution in [0.4, 0.5) is 5.69 Å². The highest BCUT2D eigenvalue weighted by Crippen LogP contribution is 2.40. The van der Waals surface area contributed by atoms with E-state index in [0.717, 1.165) is 16.8 Å². The van der Waals surface area contributed by atoms with Gasteiger partial charge in [0.2, 0.25) is 0 Å². The summed E-state index contributed by atoms with van der Waals surface area (Å²) in [5.41, 5.74) is 3.41. The second-order valence-electron chi connectivity index (χ2n) is 4.88. The van der Waals surface area contributed by atoms with Gasteiger partial charge in [-0.1, -0.05) is 48.5 Å². The van der Waals surface area contributed by atoms with E-state index in [1.807, 2.05) is 61.5 Å². The van der Waals surface area contributed by atoms with Gasteiger partial charge < -0.3 is 9.64 Å². The molecular weight excluding hydrogens is 262 g/mol. The van der Waals surface area contributed by atoms with Gasteiger partial charge in [-0.25, -0.2) is 0 Å². The second-order valence-corrected chi connectivity index (χ2v) is 4.88. The Hall–Kier alpha value is -2.55. The van der Waals surface area contributed by atoms with E-state index < -0.39 is 0 Å². The molecule has 0 aromatic heterocycles. The SMILES string of the molecule is CCO/C(=C1\C(=O)N(C)c2ccccc21)c1ccccc1. The highest BCUT2D eigenvalue weighted by molar-refractivity contribution is 6.36. The monoisotopic (exact) mass is 279 g/mol. The highest BCUT2D eigenvalue weighted by atomic mass is 16.5. The average Bonchev–Trinajstić information content (AvgIpc) is 2.78. The molecule has 0 spiro atoms. The fourth-order valence-corrected chi connectivity index (χ4v) is 2.62. The van der Waals surface area contributed by atoms with Crippen LogP contribution in [0.15, 0.2) is 54.6 Å². The van der Waals surface area contributed by atoms with Crippen molar-refractivity contribution < 1.29 is 9.53 Å². The first kappa shape index (κ1) is 13.4. The number of ether oxygens (including phenoxy) is 1. The zero-order chi connectivity index (χ0) is 14.8. The van der Waals surface area contributed by atoms with Crippen molar-refractivity contribution in [2.75, 3.05) is 18.6 Å². The summed E-state index contributed by atoms with van der Waals surface area (Å²) in [5, 5.41) is 0. The van der Waals surface area contributed by atoms with Gasteiger partial charge >= 0.3 is 0 Å². The number of rotatable bonds is 3. The molecule has 2 aromatic carbocycles. The van der Waals surface area contributed by atoms with E-state index in [1.54, 1.807) is 11.9 Å². The van der Waals surface area contributed by atoms with Crippen LogP contribution in [0.1, 0.15) is 18.1 Å². The third kappa shape index (κ3) is 2.21. The van der Waals surface area contributed by atoms with Crippen LogP contribution in [-0.4, -0.2) is 19.6 Å². The normalized spacial score (nSPS) is 15.9. The summed E-state index contributed by atoms with van der Waals surface area (Å²) in [5.74, 6) is 0.628. The van der Waals surface area contributed by atoms with Crippen LogP contribution in [0.3, 0.4) is 0 Å². The first-order valence-electron chi connectivity index (χ1n) is 7.04. The van der Waals surface area contributed by atoms with Crippen LogP contribution >= 0.6 is 0 Å². The molecule has 0 fully saturated rings. The molecule has 0 unspecified atom stereocenters. The van der Waals surface area contributed by atoms with Crippen molar-refractivity contribution in [2.45, 2.75) is 6.92 Å². The summed E-state index contributed by atoms with van der Waals surface area (Å²) in [7, 11) is 1.79. The minimum Gasteiger partial charge on any atom is -0.492 e. The van der Waals surface area contributed by atoms with Gasteiger partial charge in [-0.3, -0.25) is 4.79 Å². The van der Waals surface area contributed by atoms with Crippen LogP contribution < -0.4 is 4.90 Å². The maximum Gasteiger partial charge on any atom is 0.262 e. The topological polar surface area (TPSA) is 29.5 Å². The van der Waals surface area contributed by atoms with E-state index in [0.29, 0.717) is 17.9 Å². The van der Waals surface area contributed by atoms with Crippen LogP contribution in [0.5, 0.6) is 0 Å². The molecule has 0 saturated carbocycles. The molecule has 1 aliphatic rings. The summed E-state index contributed by atoms with van der Waals surface area (Å²) in [6.07, 6.45) is 0. The summed E-state index contributed by atoms with van der Waals surface area (Å²) in [6.45, 7) is 2.45. The van der Waals surface area contributed by atoms with Crippen molar-refractivity contribution in [1.29, 1.82) is 0 Å². The number of hydrogen-bond donors (Lipinski definition) is 0. The van der Waals surface area contributed by atoms with Gasteiger partial charge in [0, 0.05) is 18.2 Å². The van der Waals surface area contributed by atoms with Gasteiger partial charge in [-0.2, -0.15) is 0 Å². The molecule has 21 heavy (non-hydrogen) atoms. The number of likely N-dealkylation sites (N-methyl/N-ethyl adjacent to an activating group) is 1. The van der Waals surface area contributed by atoms with Gasteiger partial charge in [0.15, 0.2) is 0 Å². The van der Waals surface area contributed by atoms with E-state index in [4.69, 9.17) is 4.74 Å². The van der Waals surface area contributed by atoms with E-state index in [1.165, 1.54) is 0 Å². The summed E-state index contributed by atoms with van der Waals surface area (Å²) in [6, 6.07) is 17.6. The third-order valence-electron chi connectivity index (χ3n) is 3.60. The first-order valence-corrected chi connectivity index (χ1v) is 7.04. The number of carbonyl (C=O) groups excluding carboxylic acids is 1. The van der Waals surface area contributed by atoms with E-state index >= 15 is 0 Å². The Morgan fingerprint density at radius 3 is 2.43 bits per heavy atom. The number of carbonyl (C=O) groups is 1. The predicted molar refractivity (Wildman–Crippen MR) is 84.7 cm³/mol. The Morgan fingerprint density at radius 2 is 1.71 bits per heavy atom. The Labute approximate surface area is 124 Å². The third-order valence-corrected chi connectivity index (χ3v) is 3.60. The van der Waals surface area contributed by atoms with Gasteiger partial charge in [-0.15, -0.1) is 0 Å². The molecule has 0 saturated heterocycles. The standard InChI is InChI=1S/C18H17NO2/c1-3-21-17(13-9-5-4-6-10-13)16-14-11-7-8-12-15(14)19(2)18(16)20/h4-12H,3H2,1-2H3/b17-16-. The fourth-order valence-electron chi connectivity index (χ4n) is 2.62. The molecule has 3 heteroatoms. The Balaban J connectivity index is 2.25. The quantitative estimate of drug-likeness (QED) is 0.635. The van der Waals surface area contributed by atoms with Crippen LogP contribution in [-0.2, 0) is 9.53 Å². The molecule has 0 radical (unpaired) electrons. The van der Waals surface area contributed by atoms with Crippen molar-refractivity contribution >= 4 is 22.9 Å². The second kappa shape index (κ2) is 5.44. The fraction of sp³-hybridized carbons (Fsp3) is 0.167. The molecule has 1 heterocycles. The first-order chi connectivity index (χ1) is 10.2. The molecule has 0 aliphatic carbocycles. The molecular formula is C18H17NO2. The zero-order valence-corrected chi connectivity index (χ0v) is 12.2. The van der Waals surface area contributed by atoms with Crippen LogP contribution in [0.2, 0.25) is 0 Å². The van der Waals surface area contributed by atoms with Gasteiger partial charge in [-0.05, 0) is 13.0 Å². The van der Waals surface area contributed by atoms with Gasteiger partial charge in [0.25, 0.3) is 5.91 Å². The van der Waals surface area contributed by atoms with Crippen LogP contribution in [0.25, 0.3) is 11.3 Å². The molecule has 0 bridgehead atoms. The van der Waals surface area contributed by atoms with Crippen molar-refractivity contribution in [1.82, 2.24) is 0 Å². The lowest BCUT2D eigenvalue weighted by Crippen LogP contribution is -2.21. The maximum atomic E-state index is 12.6. The lowest BCUT2D eigenvalue weighted by Gasteiger charge is -2.12. The number of fused-ring (bicyclic) bond motifs is 1. The molecule has 0 atom stereocenters. The Morgan fingerprint density at radius 1 is 1.05 bits per heavy atom. The molecule has 106 valence electrons. The van der Waals surface area contributed by atoms with Crippen molar-refractivity contribution in [3.05, 3.63) is 65.7 Å². The minimum atomic E-state index is -0.0245. The number of hydrogen-bond acceptors (Lipinski definition) is 2. The van der Waals surface area contributed by atoms with Crippen molar-refractivity contribution in [3.8, 4) is 0 Å². The van der Waals surface area contributed by atoms with Gasteiger partial charge in [0.1, 0.15) is 5.76 Å². The molecule has 1 aliphatic heterocycles. The lowest BCUT2D eigenvalue weighted by molar-refractivity contribution is -0.112. The minimum absolute atomic E-state index is 0.0245. The van der Waals surface area contributed by atoms with E-state index in [-0.39, 0.29) is 5.91 Å². The van der Waals surface area contributed by atoms with Crippen molar-refractivity contribution in [2.24, 2.45) is 0 Å². The van der Waals surface area contributed by atoms with Crippen LogP contribution in [0, 0.1) is 0 Å². The van der Waals surface area contributed by atoms with E-state index in [9.17, 15) is 4.79 Å². The maximum absolute atomic E-state index is 12.6. The number of amides is 1. The predicted octanol–water partition coefficient (Wildman–Crippen LogP) is 3.57. The Bertz CT molecular complexity index is 704. The number of anilines is 1. The summed E-state index contributed by atoms with van der Waals surface area (Å²) < 4.78 is 5.82. The van der Waals surface area contributed by atoms with E-state index in [2.05, 4.69) is 0 Å². The molecule has 0 N–H and O–H groups in total. The average molecular weight is 279 g/mol. The molecule has 3 nitrogen and oxygen atoms in total. The zero-order valence-electron chi connectivity index (χ0n) is 12.2.